The van der Waals surface area contributed by atoms with Gasteiger partial charge in [0, 0.05) is 0 Å². The normalized spacial score (nSPS) is 15.2. The molecule has 1 unspecified atom stereocenters. The number of hydrogen-bond donors (Lipinski definition) is 0. The van der Waals surface area contributed by atoms with E-state index in [1.54, 1.807) is 0 Å². The number of benzene rings is 4. The van der Waals surface area contributed by atoms with Gasteiger partial charge in [-0.3, -0.25) is 0 Å². The summed E-state index contributed by atoms with van der Waals surface area (Å²) in [5.74, 6) is 0.127. The number of rotatable bonds is 5. The van der Waals surface area contributed by atoms with Crippen LogP contribution in [0.2, 0.25) is 0 Å². The molecule has 0 fully saturated rings. The van der Waals surface area contributed by atoms with Crippen LogP contribution in [-0.4, -0.2) is 3.21 Å². The molecule has 4 aromatic rings. The molecule has 0 spiro atoms. The van der Waals surface area contributed by atoms with Gasteiger partial charge < -0.3 is 24.8 Å². The van der Waals surface area contributed by atoms with Crippen LogP contribution in [0, 0.1) is 11.3 Å². The summed E-state index contributed by atoms with van der Waals surface area (Å²) in [4.78, 5) is 0. The van der Waals surface area contributed by atoms with Crippen molar-refractivity contribution in [2.75, 3.05) is 0 Å². The van der Waals surface area contributed by atoms with Crippen LogP contribution < -0.4 is 28.1 Å². The molecule has 0 aliphatic heterocycles. The second-order valence-electron chi connectivity index (χ2n) is 13.1. The summed E-state index contributed by atoms with van der Waals surface area (Å²) in [6, 6.07) is 25.0. The number of allylic oxidation sites excluding steroid dienone is 4. The zero-order valence-corrected chi connectivity index (χ0v) is 30.8. The predicted molar refractivity (Wildman–Crippen MR) is 170 cm³/mol. The third kappa shape index (κ3) is 7.39. The monoisotopic (exact) mass is 776 g/mol. The summed E-state index contributed by atoms with van der Waals surface area (Å²) in [5.41, 5.74) is 5.58. The van der Waals surface area contributed by atoms with Gasteiger partial charge in [0.25, 0.3) is 0 Å². The van der Waals surface area contributed by atoms with E-state index >= 15 is 0 Å². The third-order valence-corrected chi connectivity index (χ3v) is 16.9. The van der Waals surface area contributed by atoms with E-state index in [1.807, 2.05) is 12.1 Å². The molecule has 6 rings (SSSR count). The van der Waals surface area contributed by atoms with Crippen LogP contribution in [0.4, 0.5) is 26.3 Å². The fourth-order valence-corrected chi connectivity index (χ4v) is 15.3. The van der Waals surface area contributed by atoms with Gasteiger partial charge >= 0.3 is 275 Å². The maximum absolute atomic E-state index is 13.7. The fraction of sp³-hybridized carbons (Fsp3) is 0.256. The fourth-order valence-electron chi connectivity index (χ4n) is 6.62. The van der Waals surface area contributed by atoms with E-state index in [0.717, 1.165) is 45.9 Å². The van der Waals surface area contributed by atoms with E-state index < -0.39 is 44.7 Å². The van der Waals surface area contributed by atoms with Gasteiger partial charge in [-0.15, -0.1) is 0 Å². The average molecular weight is 779 g/mol. The van der Waals surface area contributed by atoms with Crippen molar-refractivity contribution in [2.45, 2.75) is 52.9 Å². The van der Waals surface area contributed by atoms with E-state index in [0.29, 0.717) is 11.1 Å². The molecule has 9 heteroatoms. The average Bonchev–Trinajstić information content (AvgIpc) is 3.61. The molecular formula is C39H34Cl2F6Zr. The van der Waals surface area contributed by atoms with Crippen LogP contribution in [0.3, 0.4) is 0 Å². The number of fused-ring (bicyclic) bond motifs is 3. The summed E-state index contributed by atoms with van der Waals surface area (Å²) < 4.78 is 85.5. The van der Waals surface area contributed by atoms with Gasteiger partial charge in [-0.05, 0) is 0 Å². The van der Waals surface area contributed by atoms with Crippen LogP contribution in [0.1, 0.15) is 67.5 Å². The van der Waals surface area contributed by atoms with Crippen molar-refractivity contribution in [1.29, 1.82) is 0 Å². The SMILES string of the molecule is CCC1C=C(C(C)(C)C)C=[C]1[Zr+2](=[C](c1ccc(C(F)(F)F)cc1)c1ccc(C(F)(F)F)cc1)[c]1cccc2c1Cc1ccccc1-2.[Cl-].[Cl-]. The Morgan fingerprint density at radius 1 is 0.688 bits per heavy atom. The molecule has 4 aromatic carbocycles. The largest absolute Gasteiger partial charge is 1.00 e. The standard InChI is InChI=1S/C15H8F6.C13H9.C11H17.2ClH.Zr/c16-14(17,18)12-5-1-10(2-6-12)9-11-3-7-13(8-4-11)15(19,20)21;1-3-7-12-10(5-1)9-11-6-2-4-8-13(11)12;1-5-9-6-7-10(8-9)11(2,3)4;;;/h1-8H;1-5,7-8H,9H2;7-9H,5H2,1-4H3;2*1H;/q;;;;;+2/p-2. The number of halogens is 8. The second-order valence-corrected chi connectivity index (χ2v) is 18.9. The molecule has 2 aliphatic carbocycles. The van der Waals surface area contributed by atoms with Gasteiger partial charge in [-0.1, -0.05) is 0 Å². The Morgan fingerprint density at radius 2 is 1.21 bits per heavy atom. The van der Waals surface area contributed by atoms with E-state index in [4.69, 9.17) is 0 Å². The number of alkyl halides is 6. The number of hydrogen-bond acceptors (Lipinski definition) is 0. The minimum absolute atomic E-state index is 0. The Bertz CT molecular complexity index is 1830. The Hall–Kier alpha value is -2.73. The van der Waals surface area contributed by atoms with Crippen LogP contribution in [0.5, 0.6) is 0 Å². The van der Waals surface area contributed by atoms with Crippen LogP contribution in [0.15, 0.2) is 112 Å². The predicted octanol–water partition coefficient (Wildman–Crippen LogP) is 4.71. The summed E-state index contributed by atoms with van der Waals surface area (Å²) in [7, 11) is 0. The van der Waals surface area contributed by atoms with Crippen LogP contribution in [0.25, 0.3) is 11.1 Å². The molecule has 0 bridgehead atoms. The molecule has 2 aliphatic rings. The maximum Gasteiger partial charge on any atom is -1.00 e. The molecule has 0 amide bonds. The van der Waals surface area contributed by atoms with Crippen LogP contribution in [-0.2, 0) is 40.0 Å². The molecule has 0 nitrogen and oxygen atoms in total. The minimum atomic E-state index is -4.51. The summed E-state index contributed by atoms with van der Waals surface area (Å²) in [5, 5.41) is 0. The first-order valence-electron chi connectivity index (χ1n) is 15.4. The topological polar surface area (TPSA) is 0 Å². The van der Waals surface area contributed by atoms with E-state index in [-0.39, 0.29) is 36.1 Å². The van der Waals surface area contributed by atoms with E-state index in [2.05, 4.69) is 70.2 Å². The molecule has 250 valence electrons. The van der Waals surface area contributed by atoms with E-state index in [9.17, 15) is 26.3 Å². The van der Waals surface area contributed by atoms with Crippen LogP contribution >= 0.6 is 0 Å². The molecule has 0 saturated heterocycles. The van der Waals surface area contributed by atoms with Crippen molar-refractivity contribution < 1.29 is 72.4 Å². The van der Waals surface area contributed by atoms with Crippen molar-refractivity contribution >= 4 is 6.48 Å². The Morgan fingerprint density at radius 3 is 1.71 bits per heavy atom. The Kier molecular flexibility index (Phi) is 11.3. The Balaban J connectivity index is 0.00000260. The zero-order valence-electron chi connectivity index (χ0n) is 26.8. The van der Waals surface area contributed by atoms with Gasteiger partial charge in [0.15, 0.2) is 0 Å². The van der Waals surface area contributed by atoms with Crippen molar-refractivity contribution in [3.63, 3.8) is 0 Å². The van der Waals surface area contributed by atoms with Crippen molar-refractivity contribution in [3.05, 3.63) is 145 Å². The molecule has 0 radical (unpaired) electrons. The quantitative estimate of drug-likeness (QED) is 0.227. The maximum atomic E-state index is 13.7. The molecule has 0 heterocycles. The molecule has 0 aromatic heterocycles. The molecule has 0 saturated carbocycles. The first-order valence-corrected chi connectivity index (χ1v) is 19.1. The van der Waals surface area contributed by atoms with Crippen molar-refractivity contribution in [1.82, 2.24) is 0 Å². The third-order valence-electron chi connectivity index (χ3n) is 9.06. The smallest absolute Gasteiger partial charge is 1.00 e. The van der Waals surface area contributed by atoms with Gasteiger partial charge in [0.2, 0.25) is 0 Å². The van der Waals surface area contributed by atoms with Gasteiger partial charge in [-0.25, -0.2) is 0 Å². The van der Waals surface area contributed by atoms with Gasteiger partial charge in [-0.2, -0.15) is 0 Å². The first kappa shape index (κ1) is 38.1. The second kappa shape index (κ2) is 14.3. The molecule has 48 heavy (non-hydrogen) atoms. The molecular weight excluding hydrogens is 745 g/mol. The Labute approximate surface area is 298 Å². The summed E-state index contributed by atoms with van der Waals surface area (Å²) in [6.45, 7) is 8.65. The summed E-state index contributed by atoms with van der Waals surface area (Å²) >= 11 is -3.40. The first-order chi connectivity index (χ1) is 21.7. The van der Waals surface area contributed by atoms with Crippen molar-refractivity contribution in [3.8, 4) is 11.1 Å². The minimum Gasteiger partial charge on any atom is -1.00 e. The van der Waals surface area contributed by atoms with Crippen molar-refractivity contribution in [2.24, 2.45) is 11.3 Å². The zero-order chi connectivity index (χ0) is 33.0. The van der Waals surface area contributed by atoms with Gasteiger partial charge in [0.1, 0.15) is 0 Å². The van der Waals surface area contributed by atoms with E-state index in [1.165, 1.54) is 53.1 Å². The molecule has 1 atom stereocenters. The summed E-state index contributed by atoms with van der Waals surface area (Å²) in [6.07, 6.45) is -2.80. The molecule has 0 N–H and O–H groups in total. The van der Waals surface area contributed by atoms with Gasteiger partial charge in [0.05, 0.1) is 0 Å².